The number of hydrogen-bond donors (Lipinski definition) is 0. The molecule has 1 fully saturated rings. The maximum atomic E-state index is 13.1. The minimum Gasteiger partial charge on any atom is -0.399 e. The fourth-order valence-electron chi connectivity index (χ4n) is 1.87. The molecule has 1 aromatic heterocycles. The first-order valence-electron chi connectivity index (χ1n) is 6.02. The van der Waals surface area contributed by atoms with Crippen molar-refractivity contribution in [2.24, 2.45) is 0 Å². The molecule has 20 heavy (non-hydrogen) atoms. The van der Waals surface area contributed by atoms with Crippen LogP contribution in [0.3, 0.4) is 0 Å². The van der Waals surface area contributed by atoms with Crippen LogP contribution >= 0.6 is 11.6 Å². The number of pyridine rings is 1. The molecule has 2 rings (SSSR count). The van der Waals surface area contributed by atoms with Gasteiger partial charge in [0.05, 0.1) is 21.8 Å². The minimum atomic E-state index is -4.57. The number of halogens is 4. The molecule has 1 aliphatic heterocycles. The van der Waals surface area contributed by atoms with Gasteiger partial charge in [0.15, 0.2) is 0 Å². The number of nitrogens with zero attached hydrogens (tertiary/aromatic N) is 1. The van der Waals surface area contributed by atoms with Gasteiger partial charge in [-0.1, -0.05) is 11.6 Å². The second-order valence-electron chi connectivity index (χ2n) is 5.67. The van der Waals surface area contributed by atoms with Gasteiger partial charge in [-0.15, -0.1) is 0 Å². The Kier molecular flexibility index (Phi) is 3.60. The third-order valence-corrected chi connectivity index (χ3v) is 4.03. The van der Waals surface area contributed by atoms with E-state index >= 15 is 0 Å². The van der Waals surface area contributed by atoms with E-state index in [9.17, 15) is 13.2 Å². The van der Waals surface area contributed by atoms with Gasteiger partial charge in [-0.2, -0.15) is 13.2 Å². The Morgan fingerprint density at radius 2 is 1.60 bits per heavy atom. The van der Waals surface area contributed by atoms with Crippen molar-refractivity contribution >= 4 is 24.2 Å². The van der Waals surface area contributed by atoms with Crippen LogP contribution < -0.4 is 5.46 Å². The number of hydrogen-bond acceptors (Lipinski definition) is 3. The molecule has 0 aliphatic carbocycles. The van der Waals surface area contributed by atoms with Crippen molar-refractivity contribution in [2.75, 3.05) is 0 Å². The van der Waals surface area contributed by atoms with Crippen molar-refractivity contribution in [3.63, 3.8) is 0 Å². The van der Waals surface area contributed by atoms with Crippen LogP contribution in [-0.4, -0.2) is 23.3 Å². The highest BCUT2D eigenvalue weighted by atomic mass is 35.5. The fourth-order valence-corrected chi connectivity index (χ4v) is 2.12. The predicted octanol–water partition coefficient (Wildman–Crippen LogP) is 3.05. The molecular weight excluding hydrogens is 293 g/mol. The largest absolute Gasteiger partial charge is 0.497 e. The van der Waals surface area contributed by atoms with Gasteiger partial charge in [0.1, 0.15) is 0 Å². The molecule has 0 atom stereocenters. The van der Waals surface area contributed by atoms with E-state index in [-0.39, 0.29) is 10.5 Å². The summed E-state index contributed by atoms with van der Waals surface area (Å²) in [6.45, 7) is 7.04. The zero-order valence-electron chi connectivity index (χ0n) is 11.5. The third kappa shape index (κ3) is 2.54. The predicted molar refractivity (Wildman–Crippen MR) is 70.0 cm³/mol. The van der Waals surface area contributed by atoms with Gasteiger partial charge in [0, 0.05) is 17.9 Å². The normalized spacial score (nSPS) is 21.3. The Hall–Kier alpha value is -0.785. The molecule has 1 aliphatic rings. The average Bonchev–Trinajstić information content (AvgIpc) is 2.46. The van der Waals surface area contributed by atoms with Crippen LogP contribution in [0, 0.1) is 0 Å². The van der Waals surface area contributed by atoms with Crippen molar-refractivity contribution in [3.05, 3.63) is 23.0 Å². The lowest BCUT2D eigenvalue weighted by Gasteiger charge is -2.32. The van der Waals surface area contributed by atoms with Crippen LogP contribution in [0.25, 0.3) is 0 Å². The molecule has 0 radical (unpaired) electrons. The van der Waals surface area contributed by atoms with E-state index in [1.165, 1.54) is 0 Å². The third-order valence-electron chi connectivity index (χ3n) is 3.73. The SMILES string of the molecule is CC1(C)OB(c2c(Cl)cncc2C(F)(F)F)OC1(C)C. The highest BCUT2D eigenvalue weighted by molar-refractivity contribution is 6.66. The van der Waals surface area contributed by atoms with Crippen molar-refractivity contribution < 1.29 is 22.5 Å². The molecular formula is C12H14BClF3NO2. The maximum Gasteiger partial charge on any atom is 0.497 e. The Morgan fingerprint density at radius 3 is 2.05 bits per heavy atom. The highest BCUT2D eigenvalue weighted by Crippen LogP contribution is 2.38. The molecule has 0 bridgehead atoms. The highest BCUT2D eigenvalue weighted by Gasteiger charge is 2.54. The number of aromatic nitrogens is 1. The van der Waals surface area contributed by atoms with Gasteiger partial charge in [0.2, 0.25) is 0 Å². The van der Waals surface area contributed by atoms with Crippen LogP contribution in [0.15, 0.2) is 12.4 Å². The van der Waals surface area contributed by atoms with Crippen molar-refractivity contribution in [1.29, 1.82) is 0 Å². The fraction of sp³-hybridized carbons (Fsp3) is 0.583. The van der Waals surface area contributed by atoms with Crippen LogP contribution in [0.5, 0.6) is 0 Å². The van der Waals surface area contributed by atoms with E-state index in [2.05, 4.69) is 4.98 Å². The quantitative estimate of drug-likeness (QED) is 0.747. The first-order valence-corrected chi connectivity index (χ1v) is 6.40. The van der Waals surface area contributed by atoms with Crippen LogP contribution in [0.4, 0.5) is 13.2 Å². The van der Waals surface area contributed by atoms with Gasteiger partial charge in [-0.3, -0.25) is 4.98 Å². The summed E-state index contributed by atoms with van der Waals surface area (Å²) in [7, 11) is -1.17. The van der Waals surface area contributed by atoms with E-state index in [4.69, 9.17) is 20.9 Å². The number of rotatable bonds is 1. The average molecular weight is 308 g/mol. The van der Waals surface area contributed by atoms with Gasteiger partial charge in [0.25, 0.3) is 0 Å². The Morgan fingerprint density at radius 1 is 1.10 bits per heavy atom. The van der Waals surface area contributed by atoms with E-state index in [0.29, 0.717) is 0 Å². The first-order chi connectivity index (χ1) is 8.96. The molecule has 1 saturated heterocycles. The van der Waals surface area contributed by atoms with Gasteiger partial charge >= 0.3 is 13.3 Å². The molecule has 110 valence electrons. The molecule has 2 heterocycles. The molecule has 8 heteroatoms. The smallest absolute Gasteiger partial charge is 0.399 e. The maximum absolute atomic E-state index is 13.1. The monoisotopic (exact) mass is 307 g/mol. The zero-order chi connectivity index (χ0) is 15.3. The van der Waals surface area contributed by atoms with E-state index in [1.54, 1.807) is 27.7 Å². The topological polar surface area (TPSA) is 31.4 Å². The van der Waals surface area contributed by atoms with Crippen molar-refractivity contribution in [1.82, 2.24) is 4.98 Å². The van der Waals surface area contributed by atoms with Crippen LogP contribution in [0.1, 0.15) is 33.3 Å². The lowest BCUT2D eigenvalue weighted by molar-refractivity contribution is -0.137. The van der Waals surface area contributed by atoms with Gasteiger partial charge < -0.3 is 9.31 Å². The minimum absolute atomic E-state index is 0.127. The summed E-state index contributed by atoms with van der Waals surface area (Å²) < 4.78 is 50.4. The molecule has 0 saturated carbocycles. The van der Waals surface area contributed by atoms with Gasteiger partial charge in [-0.05, 0) is 27.7 Å². The lowest BCUT2D eigenvalue weighted by atomic mass is 9.76. The molecule has 0 amide bonds. The Bertz CT molecular complexity index is 518. The van der Waals surface area contributed by atoms with E-state index < -0.39 is 30.1 Å². The molecule has 0 aromatic carbocycles. The second-order valence-corrected chi connectivity index (χ2v) is 6.08. The molecule has 1 aromatic rings. The lowest BCUT2D eigenvalue weighted by Crippen LogP contribution is -2.41. The summed E-state index contributed by atoms with van der Waals surface area (Å²) in [5, 5.41) is -0.127. The molecule has 0 spiro atoms. The molecule has 3 nitrogen and oxygen atoms in total. The summed E-state index contributed by atoms with van der Waals surface area (Å²) in [5.74, 6) is 0. The summed E-state index contributed by atoms with van der Waals surface area (Å²) in [6, 6.07) is 0. The van der Waals surface area contributed by atoms with Crippen molar-refractivity contribution in [3.8, 4) is 0 Å². The summed E-state index contributed by atoms with van der Waals surface area (Å²) in [5.41, 5.74) is -2.66. The first kappa shape index (κ1) is 15.6. The molecule has 0 N–H and O–H groups in total. The van der Waals surface area contributed by atoms with E-state index in [0.717, 1.165) is 12.4 Å². The van der Waals surface area contributed by atoms with Gasteiger partial charge in [-0.25, -0.2) is 0 Å². The summed E-state index contributed by atoms with van der Waals surface area (Å²) in [4.78, 5) is 3.49. The van der Waals surface area contributed by atoms with E-state index in [1.807, 2.05) is 0 Å². The summed E-state index contributed by atoms with van der Waals surface area (Å²) in [6.07, 6.45) is -2.69. The molecule has 0 unspecified atom stereocenters. The summed E-state index contributed by atoms with van der Waals surface area (Å²) >= 11 is 5.88. The van der Waals surface area contributed by atoms with Crippen LogP contribution in [0.2, 0.25) is 5.02 Å². The Balaban J connectivity index is 2.50. The van der Waals surface area contributed by atoms with Crippen molar-refractivity contribution in [2.45, 2.75) is 45.1 Å². The standard InChI is InChI=1S/C12H14BClF3NO2/c1-10(2)11(3,4)20-13(19-10)9-7(12(15,16)17)5-18-6-8(9)14/h5-6H,1-4H3. The number of alkyl halides is 3. The van der Waals surface area contributed by atoms with Crippen LogP contribution in [-0.2, 0) is 15.5 Å². The second kappa shape index (κ2) is 4.61. The Labute approximate surface area is 120 Å². The zero-order valence-corrected chi connectivity index (χ0v) is 12.3.